The van der Waals surface area contributed by atoms with Crippen molar-refractivity contribution >= 4 is 11.6 Å². The number of ketones is 2. The Morgan fingerprint density at radius 1 is 0.667 bits per heavy atom. The number of hydrogen-bond acceptors (Lipinski definition) is 5. The number of aryl methyl sites for hydroxylation is 2. The number of Topliss-reactive ketones (excluding diaryl/α,β-unsaturated/α-hetero) is 2. The molecule has 0 bridgehead atoms. The van der Waals surface area contributed by atoms with Gasteiger partial charge in [0.15, 0.2) is 0 Å². The fraction of sp³-hybridized carbons (Fsp3) is 0.440. The molecule has 0 aliphatic rings. The van der Waals surface area contributed by atoms with Crippen LogP contribution in [0, 0.1) is 27.7 Å². The third-order valence-corrected chi connectivity index (χ3v) is 6.36. The van der Waals surface area contributed by atoms with E-state index in [9.17, 15) is 24.9 Å². The van der Waals surface area contributed by atoms with Crippen molar-refractivity contribution in [1.29, 1.82) is 0 Å². The standard InChI is InChI=1S/C25H32O5/c1-13-9-7-11-19(15(13)3)17(5)21(26)23(28)25(30)24(29)22(27)18(6)20-12-8-10-14(2)16(20)4/h7-12,17-18,21-23,26-28H,1-6H3/t17?,18?,21?,22?,23-/m1/s1. The van der Waals surface area contributed by atoms with Gasteiger partial charge < -0.3 is 15.3 Å². The first-order chi connectivity index (χ1) is 14.0. The second kappa shape index (κ2) is 9.65. The summed E-state index contributed by atoms with van der Waals surface area (Å²) in [6, 6.07) is 11.2. The highest BCUT2D eigenvalue weighted by atomic mass is 16.3. The molecule has 2 aromatic carbocycles. The van der Waals surface area contributed by atoms with Crippen LogP contribution < -0.4 is 0 Å². The van der Waals surface area contributed by atoms with Gasteiger partial charge in [0.25, 0.3) is 0 Å². The Bertz CT molecular complexity index is 933. The first-order valence-electron chi connectivity index (χ1n) is 10.2. The van der Waals surface area contributed by atoms with E-state index < -0.39 is 41.7 Å². The van der Waals surface area contributed by atoms with E-state index in [2.05, 4.69) is 0 Å². The van der Waals surface area contributed by atoms with Crippen LogP contribution in [0.4, 0.5) is 0 Å². The third kappa shape index (κ3) is 4.69. The minimum absolute atomic E-state index is 0.565. The van der Waals surface area contributed by atoms with Crippen LogP contribution >= 0.6 is 0 Å². The molecule has 0 aliphatic heterocycles. The number of hydrogen-bond donors (Lipinski definition) is 3. The van der Waals surface area contributed by atoms with E-state index in [1.54, 1.807) is 13.8 Å². The van der Waals surface area contributed by atoms with Crippen molar-refractivity contribution in [3.63, 3.8) is 0 Å². The Balaban J connectivity index is 2.18. The number of benzene rings is 2. The van der Waals surface area contributed by atoms with E-state index in [-0.39, 0.29) is 0 Å². The molecule has 0 heterocycles. The Hall–Kier alpha value is -2.34. The summed E-state index contributed by atoms with van der Waals surface area (Å²) < 4.78 is 0. The molecule has 0 aromatic heterocycles. The third-order valence-electron chi connectivity index (χ3n) is 6.36. The summed E-state index contributed by atoms with van der Waals surface area (Å²) in [6.07, 6.45) is -4.98. The number of aliphatic hydroxyl groups is 3. The monoisotopic (exact) mass is 412 g/mol. The predicted octanol–water partition coefficient (Wildman–Crippen LogP) is 3.05. The average Bonchev–Trinajstić information content (AvgIpc) is 2.73. The molecule has 3 N–H and O–H groups in total. The van der Waals surface area contributed by atoms with Crippen LogP contribution in [0.3, 0.4) is 0 Å². The quantitative estimate of drug-likeness (QED) is 0.579. The summed E-state index contributed by atoms with van der Waals surface area (Å²) in [5.74, 6) is -3.46. The first-order valence-corrected chi connectivity index (χ1v) is 10.2. The van der Waals surface area contributed by atoms with Gasteiger partial charge in [-0.3, -0.25) is 9.59 Å². The molecular formula is C25H32O5. The lowest BCUT2D eigenvalue weighted by Crippen LogP contribution is -2.45. The van der Waals surface area contributed by atoms with Gasteiger partial charge in [-0.05, 0) is 61.1 Å². The van der Waals surface area contributed by atoms with Crippen LogP contribution in [0.5, 0.6) is 0 Å². The van der Waals surface area contributed by atoms with Crippen LogP contribution in [0.2, 0.25) is 0 Å². The Morgan fingerprint density at radius 3 is 1.53 bits per heavy atom. The minimum Gasteiger partial charge on any atom is -0.389 e. The van der Waals surface area contributed by atoms with E-state index in [0.29, 0.717) is 0 Å². The number of aliphatic hydroxyl groups excluding tert-OH is 3. The molecule has 0 spiro atoms. The molecule has 2 rings (SSSR count). The second-order valence-corrected chi connectivity index (χ2v) is 8.26. The summed E-state index contributed by atoms with van der Waals surface area (Å²) >= 11 is 0. The number of rotatable bonds is 8. The van der Waals surface area contributed by atoms with Gasteiger partial charge in [0.05, 0.1) is 6.10 Å². The minimum atomic E-state index is -1.91. The van der Waals surface area contributed by atoms with Gasteiger partial charge in [0, 0.05) is 11.8 Å². The second-order valence-electron chi connectivity index (χ2n) is 8.26. The molecule has 0 saturated heterocycles. The molecule has 0 fully saturated rings. The summed E-state index contributed by atoms with van der Waals surface area (Å²) in [7, 11) is 0. The van der Waals surface area contributed by atoms with Crippen LogP contribution in [-0.2, 0) is 9.59 Å². The molecule has 2 aromatic rings. The Kier molecular flexibility index (Phi) is 7.70. The zero-order chi connectivity index (χ0) is 22.7. The highest BCUT2D eigenvalue weighted by molar-refractivity contribution is 6.40. The number of carbonyl (C=O) groups is 2. The van der Waals surface area contributed by atoms with E-state index in [4.69, 9.17) is 0 Å². The largest absolute Gasteiger partial charge is 0.389 e. The summed E-state index contributed by atoms with van der Waals surface area (Å²) in [6.45, 7) is 11.0. The van der Waals surface area contributed by atoms with Crippen molar-refractivity contribution in [2.45, 2.75) is 71.7 Å². The maximum absolute atomic E-state index is 12.6. The van der Waals surface area contributed by atoms with Crippen molar-refractivity contribution in [3.8, 4) is 0 Å². The van der Waals surface area contributed by atoms with Crippen molar-refractivity contribution in [1.82, 2.24) is 0 Å². The van der Waals surface area contributed by atoms with Crippen molar-refractivity contribution in [2.24, 2.45) is 0 Å². The molecule has 30 heavy (non-hydrogen) atoms. The molecule has 0 amide bonds. The summed E-state index contributed by atoms with van der Waals surface area (Å²) in [4.78, 5) is 25.2. The van der Waals surface area contributed by atoms with Gasteiger partial charge in [0.2, 0.25) is 11.6 Å². The maximum Gasteiger partial charge on any atom is 0.232 e. The molecule has 162 valence electrons. The molecule has 0 radical (unpaired) electrons. The zero-order valence-electron chi connectivity index (χ0n) is 18.5. The van der Waals surface area contributed by atoms with Gasteiger partial charge in [-0.15, -0.1) is 0 Å². The van der Waals surface area contributed by atoms with Crippen molar-refractivity contribution < 1.29 is 24.9 Å². The Morgan fingerprint density at radius 2 is 1.07 bits per heavy atom. The fourth-order valence-corrected chi connectivity index (χ4v) is 3.84. The fourth-order valence-electron chi connectivity index (χ4n) is 3.84. The molecule has 0 aliphatic carbocycles. The average molecular weight is 413 g/mol. The lowest BCUT2D eigenvalue weighted by molar-refractivity contribution is -0.150. The van der Waals surface area contributed by atoms with E-state index in [1.807, 2.05) is 64.1 Å². The maximum atomic E-state index is 12.6. The topological polar surface area (TPSA) is 94.8 Å². The normalized spacial score (nSPS) is 16.4. The van der Waals surface area contributed by atoms with Crippen LogP contribution in [0.1, 0.15) is 59.1 Å². The van der Waals surface area contributed by atoms with Crippen molar-refractivity contribution in [2.75, 3.05) is 0 Å². The van der Waals surface area contributed by atoms with Gasteiger partial charge in [0.1, 0.15) is 12.2 Å². The van der Waals surface area contributed by atoms with Crippen molar-refractivity contribution in [3.05, 3.63) is 69.8 Å². The zero-order valence-corrected chi connectivity index (χ0v) is 18.5. The van der Waals surface area contributed by atoms with Gasteiger partial charge >= 0.3 is 0 Å². The molecule has 4 unspecified atom stereocenters. The first kappa shape index (κ1) is 23.9. The smallest absolute Gasteiger partial charge is 0.232 e. The number of carbonyl (C=O) groups excluding carboxylic acids is 2. The molecule has 5 heteroatoms. The van der Waals surface area contributed by atoms with E-state index in [0.717, 1.165) is 33.4 Å². The highest BCUT2D eigenvalue weighted by Crippen LogP contribution is 2.28. The van der Waals surface area contributed by atoms with E-state index >= 15 is 0 Å². The lowest BCUT2D eigenvalue weighted by atomic mass is 9.83. The SMILES string of the molecule is Cc1cccc(C(C)C(O)C(=O)C(=O)[C@H](O)C(O)C(C)c2cccc(C)c2C)c1C. The highest BCUT2D eigenvalue weighted by Gasteiger charge is 2.38. The molecule has 0 saturated carbocycles. The predicted molar refractivity (Wildman–Crippen MR) is 117 cm³/mol. The lowest BCUT2D eigenvalue weighted by Gasteiger charge is -2.26. The summed E-state index contributed by atoms with van der Waals surface area (Å²) in [5.41, 5.74) is 5.50. The van der Waals surface area contributed by atoms with E-state index in [1.165, 1.54) is 0 Å². The van der Waals surface area contributed by atoms with Gasteiger partial charge in [-0.1, -0.05) is 50.2 Å². The summed E-state index contributed by atoms with van der Waals surface area (Å²) in [5, 5.41) is 31.5. The molecular weight excluding hydrogens is 380 g/mol. The Labute approximate surface area is 178 Å². The van der Waals surface area contributed by atoms with Gasteiger partial charge in [-0.25, -0.2) is 0 Å². The van der Waals surface area contributed by atoms with Crippen LogP contribution in [0.15, 0.2) is 36.4 Å². The van der Waals surface area contributed by atoms with Crippen LogP contribution in [0.25, 0.3) is 0 Å². The van der Waals surface area contributed by atoms with Crippen LogP contribution in [-0.4, -0.2) is 45.2 Å². The molecule has 5 atom stereocenters. The molecule has 5 nitrogen and oxygen atoms in total. The van der Waals surface area contributed by atoms with Gasteiger partial charge in [-0.2, -0.15) is 0 Å².